The van der Waals surface area contributed by atoms with E-state index in [0.717, 1.165) is 10.5 Å². The Morgan fingerprint density at radius 3 is 2.50 bits per heavy atom. The molecule has 0 aliphatic carbocycles. The molecular weight excluding hydrogens is 340 g/mol. The first-order chi connectivity index (χ1) is 10.5. The van der Waals surface area contributed by atoms with Crippen molar-refractivity contribution in [2.24, 2.45) is 0 Å². The Kier molecular flexibility index (Phi) is 5.88. The summed E-state index contributed by atoms with van der Waals surface area (Å²) in [5.74, 6) is -0.198. The number of carbonyl (C=O) groups is 2. The Balaban J connectivity index is 1.87. The molecule has 1 aromatic heterocycles. The number of thioether (sulfide) groups is 1. The number of ketones is 1. The third kappa shape index (κ3) is 4.25. The molecule has 0 aliphatic heterocycles. The highest BCUT2D eigenvalue weighted by Gasteiger charge is 2.15. The standard InChI is InChI=1S/C15H15ClN2O2S2/c1-9-8-22-14(13(9)16)12(19)7-17-15(20)18-10-3-5-11(21-2)6-4-10/h3-6,8H,7H2,1-2H3,(H2,17,18,20). The number of nitrogens with one attached hydrogen (secondary N) is 2. The number of carbonyl (C=O) groups excluding carboxylic acids is 2. The average molecular weight is 355 g/mol. The smallest absolute Gasteiger partial charge is 0.319 e. The summed E-state index contributed by atoms with van der Waals surface area (Å²) in [6.07, 6.45) is 1.98. The lowest BCUT2D eigenvalue weighted by Gasteiger charge is -2.07. The van der Waals surface area contributed by atoms with Crippen LogP contribution in [0.3, 0.4) is 0 Å². The minimum absolute atomic E-state index is 0.0889. The number of amides is 2. The van der Waals surface area contributed by atoms with E-state index in [4.69, 9.17) is 11.6 Å². The van der Waals surface area contributed by atoms with Gasteiger partial charge in [-0.2, -0.15) is 0 Å². The van der Waals surface area contributed by atoms with E-state index >= 15 is 0 Å². The van der Waals surface area contributed by atoms with Crippen LogP contribution in [0.2, 0.25) is 5.02 Å². The van der Waals surface area contributed by atoms with Gasteiger partial charge in [0.1, 0.15) is 0 Å². The number of thiophene rings is 1. The van der Waals surface area contributed by atoms with Crippen molar-refractivity contribution in [1.82, 2.24) is 5.32 Å². The van der Waals surface area contributed by atoms with E-state index in [9.17, 15) is 9.59 Å². The molecule has 0 radical (unpaired) electrons. The average Bonchev–Trinajstić information content (AvgIpc) is 2.85. The molecule has 0 spiro atoms. The summed E-state index contributed by atoms with van der Waals surface area (Å²) in [6, 6.07) is 7.04. The van der Waals surface area contributed by atoms with Crippen LogP contribution in [0.1, 0.15) is 15.2 Å². The molecular formula is C15H15ClN2O2S2. The summed E-state index contributed by atoms with van der Waals surface area (Å²) in [7, 11) is 0. The second kappa shape index (κ2) is 7.67. The fourth-order valence-corrected chi connectivity index (χ4v) is 3.36. The van der Waals surface area contributed by atoms with Gasteiger partial charge < -0.3 is 10.6 Å². The first kappa shape index (κ1) is 16.9. The minimum Gasteiger partial charge on any atom is -0.330 e. The van der Waals surface area contributed by atoms with Crippen molar-refractivity contribution in [1.29, 1.82) is 0 Å². The monoisotopic (exact) mass is 354 g/mol. The predicted octanol–water partition coefficient (Wildman–Crippen LogP) is 4.44. The lowest BCUT2D eigenvalue weighted by Crippen LogP contribution is -2.33. The van der Waals surface area contributed by atoms with Crippen LogP contribution in [-0.4, -0.2) is 24.6 Å². The highest BCUT2D eigenvalue weighted by Crippen LogP contribution is 2.27. The van der Waals surface area contributed by atoms with E-state index in [0.29, 0.717) is 15.6 Å². The number of halogens is 1. The molecule has 0 aliphatic rings. The fraction of sp³-hybridized carbons (Fsp3) is 0.200. The van der Waals surface area contributed by atoms with Gasteiger partial charge in [0.15, 0.2) is 5.78 Å². The van der Waals surface area contributed by atoms with Crippen LogP contribution in [-0.2, 0) is 0 Å². The Bertz CT molecular complexity index is 683. The van der Waals surface area contributed by atoms with Crippen LogP contribution in [0, 0.1) is 6.92 Å². The van der Waals surface area contributed by atoms with Gasteiger partial charge in [0, 0.05) is 10.6 Å². The van der Waals surface area contributed by atoms with Gasteiger partial charge in [-0.1, -0.05) is 11.6 Å². The molecule has 2 aromatic rings. The van der Waals surface area contributed by atoms with E-state index in [1.807, 2.05) is 42.8 Å². The molecule has 1 heterocycles. The number of aryl methyl sites for hydroxylation is 1. The number of hydrogen-bond donors (Lipinski definition) is 2. The molecule has 2 rings (SSSR count). The molecule has 0 unspecified atom stereocenters. The maximum absolute atomic E-state index is 12.0. The summed E-state index contributed by atoms with van der Waals surface area (Å²) in [5.41, 5.74) is 1.54. The van der Waals surface area contributed by atoms with E-state index in [2.05, 4.69) is 10.6 Å². The van der Waals surface area contributed by atoms with E-state index in [1.165, 1.54) is 11.3 Å². The van der Waals surface area contributed by atoms with Crippen molar-refractivity contribution in [3.05, 3.63) is 45.1 Å². The minimum atomic E-state index is -0.422. The summed E-state index contributed by atoms with van der Waals surface area (Å²) >= 11 is 8.95. The highest BCUT2D eigenvalue weighted by atomic mass is 35.5. The van der Waals surface area contributed by atoms with Crippen LogP contribution in [0.25, 0.3) is 0 Å². The van der Waals surface area contributed by atoms with Crippen molar-refractivity contribution in [2.45, 2.75) is 11.8 Å². The van der Waals surface area contributed by atoms with Crippen molar-refractivity contribution < 1.29 is 9.59 Å². The SMILES string of the molecule is CSc1ccc(NC(=O)NCC(=O)c2scc(C)c2Cl)cc1. The number of hydrogen-bond acceptors (Lipinski definition) is 4. The van der Waals surface area contributed by atoms with Gasteiger partial charge in [0.2, 0.25) is 0 Å². The summed E-state index contributed by atoms with van der Waals surface area (Å²) < 4.78 is 0. The predicted molar refractivity (Wildman–Crippen MR) is 93.6 cm³/mol. The second-order valence-corrected chi connectivity index (χ2v) is 6.66. The molecule has 116 valence electrons. The fourth-order valence-electron chi connectivity index (χ4n) is 1.71. The quantitative estimate of drug-likeness (QED) is 0.616. The first-order valence-electron chi connectivity index (χ1n) is 6.47. The van der Waals surface area contributed by atoms with Gasteiger partial charge in [-0.15, -0.1) is 23.1 Å². The third-order valence-corrected chi connectivity index (χ3v) is 5.39. The lowest BCUT2D eigenvalue weighted by molar-refractivity contribution is 0.0997. The number of anilines is 1. The van der Waals surface area contributed by atoms with Crippen molar-refractivity contribution in [3.63, 3.8) is 0 Å². The maximum atomic E-state index is 12.0. The van der Waals surface area contributed by atoms with Gasteiger partial charge in [-0.25, -0.2) is 4.79 Å². The molecule has 0 saturated carbocycles. The zero-order chi connectivity index (χ0) is 16.1. The van der Waals surface area contributed by atoms with Crippen LogP contribution in [0.15, 0.2) is 34.5 Å². The largest absolute Gasteiger partial charge is 0.330 e. The normalized spacial score (nSPS) is 10.3. The molecule has 2 N–H and O–H groups in total. The maximum Gasteiger partial charge on any atom is 0.319 e. The van der Waals surface area contributed by atoms with Crippen LogP contribution in [0.4, 0.5) is 10.5 Å². The highest BCUT2D eigenvalue weighted by molar-refractivity contribution is 7.98. The first-order valence-corrected chi connectivity index (χ1v) is 8.95. The Morgan fingerprint density at radius 2 is 1.95 bits per heavy atom. The third-order valence-electron chi connectivity index (χ3n) is 2.91. The molecule has 0 saturated heterocycles. The number of urea groups is 1. The van der Waals surface area contributed by atoms with E-state index in [1.54, 1.807) is 11.8 Å². The molecule has 0 atom stereocenters. The molecule has 2 amide bonds. The number of benzene rings is 1. The second-order valence-electron chi connectivity index (χ2n) is 4.52. The molecule has 7 heteroatoms. The van der Waals surface area contributed by atoms with E-state index < -0.39 is 6.03 Å². The Labute approximate surface area is 142 Å². The number of rotatable bonds is 5. The topological polar surface area (TPSA) is 58.2 Å². The van der Waals surface area contributed by atoms with E-state index in [-0.39, 0.29) is 12.3 Å². The van der Waals surface area contributed by atoms with Crippen LogP contribution in [0.5, 0.6) is 0 Å². The number of Topliss-reactive ketones (excluding diaryl/α,β-unsaturated/α-hetero) is 1. The van der Waals surface area contributed by atoms with Gasteiger partial charge in [-0.05, 0) is 48.4 Å². The van der Waals surface area contributed by atoms with Crippen molar-refractivity contribution >= 4 is 52.2 Å². The van der Waals surface area contributed by atoms with Crippen molar-refractivity contribution in [3.8, 4) is 0 Å². The van der Waals surface area contributed by atoms with Gasteiger partial charge in [0.25, 0.3) is 0 Å². The Hall–Kier alpha value is -1.50. The van der Waals surface area contributed by atoms with Crippen LogP contribution >= 0.6 is 34.7 Å². The summed E-state index contributed by atoms with van der Waals surface area (Å²) in [6.45, 7) is 1.75. The van der Waals surface area contributed by atoms with Gasteiger partial charge in [0.05, 0.1) is 16.4 Å². The molecule has 0 bridgehead atoms. The molecule has 4 nitrogen and oxygen atoms in total. The molecule has 22 heavy (non-hydrogen) atoms. The summed E-state index contributed by atoms with van der Waals surface area (Å²) in [5, 5.41) is 7.50. The Morgan fingerprint density at radius 1 is 1.27 bits per heavy atom. The van der Waals surface area contributed by atoms with Gasteiger partial charge in [-0.3, -0.25) is 4.79 Å². The molecule has 0 fully saturated rings. The lowest BCUT2D eigenvalue weighted by atomic mass is 10.2. The van der Waals surface area contributed by atoms with Crippen LogP contribution < -0.4 is 10.6 Å². The zero-order valence-corrected chi connectivity index (χ0v) is 14.5. The van der Waals surface area contributed by atoms with Gasteiger partial charge >= 0.3 is 6.03 Å². The van der Waals surface area contributed by atoms with Crippen molar-refractivity contribution in [2.75, 3.05) is 18.1 Å². The summed E-state index contributed by atoms with van der Waals surface area (Å²) in [4.78, 5) is 25.4. The zero-order valence-electron chi connectivity index (χ0n) is 12.1. The molecule has 1 aromatic carbocycles.